The molecule has 0 saturated carbocycles. The van der Waals surface area contributed by atoms with E-state index in [1.807, 2.05) is 29.7 Å². The summed E-state index contributed by atoms with van der Waals surface area (Å²) in [5, 5.41) is 6.83. The third-order valence-corrected chi connectivity index (χ3v) is 4.75. The quantitative estimate of drug-likeness (QED) is 0.688. The first kappa shape index (κ1) is 17.7. The van der Waals surface area contributed by atoms with Gasteiger partial charge >= 0.3 is 0 Å². The van der Waals surface area contributed by atoms with E-state index in [1.54, 1.807) is 25.8 Å². The van der Waals surface area contributed by atoms with Crippen molar-refractivity contribution < 1.29 is 9.47 Å². The summed E-state index contributed by atoms with van der Waals surface area (Å²) >= 11 is 0. The Labute approximate surface area is 157 Å². The molecule has 3 aromatic rings. The Morgan fingerprint density at radius 1 is 1.33 bits per heavy atom. The Bertz CT molecular complexity index is 912. The van der Waals surface area contributed by atoms with Crippen LogP contribution in [0.25, 0.3) is 16.9 Å². The van der Waals surface area contributed by atoms with Crippen LogP contribution < -0.4 is 15.4 Å². The highest BCUT2D eigenvalue weighted by atomic mass is 16.5. The molecule has 1 aliphatic heterocycles. The number of hydrogen-bond acceptors (Lipinski definition) is 7. The largest absolute Gasteiger partial charge is 0.494 e. The molecule has 0 unspecified atom stereocenters. The van der Waals surface area contributed by atoms with E-state index in [1.165, 1.54) is 0 Å². The molecule has 8 heteroatoms. The van der Waals surface area contributed by atoms with Gasteiger partial charge in [0.25, 0.3) is 0 Å². The van der Waals surface area contributed by atoms with Crippen molar-refractivity contribution in [3.05, 3.63) is 36.9 Å². The fraction of sp³-hybridized carbons (Fsp3) is 0.421. The zero-order valence-electron chi connectivity index (χ0n) is 15.6. The molecular weight excluding hydrogens is 344 g/mol. The van der Waals surface area contributed by atoms with Crippen LogP contribution in [0.5, 0.6) is 5.75 Å². The predicted molar refractivity (Wildman–Crippen MR) is 104 cm³/mol. The number of methoxy groups -OCH3 is 1. The summed E-state index contributed by atoms with van der Waals surface area (Å²) in [4.78, 5) is 13.5. The van der Waals surface area contributed by atoms with E-state index in [-0.39, 0.29) is 12.1 Å². The van der Waals surface area contributed by atoms with Crippen LogP contribution in [-0.4, -0.2) is 58.5 Å². The highest BCUT2D eigenvalue weighted by Gasteiger charge is 2.25. The van der Waals surface area contributed by atoms with E-state index in [4.69, 9.17) is 14.5 Å². The number of imidazole rings is 1. The molecule has 0 aliphatic carbocycles. The fourth-order valence-electron chi connectivity index (χ4n) is 3.42. The Kier molecular flexibility index (Phi) is 5.17. The normalized spacial score (nSPS) is 19.9. The molecule has 2 atom stereocenters. The lowest BCUT2D eigenvalue weighted by Crippen LogP contribution is -2.49. The first-order valence-corrected chi connectivity index (χ1v) is 9.21. The number of hydrogen-bond donors (Lipinski definition) is 2. The molecule has 1 aromatic carbocycles. The van der Waals surface area contributed by atoms with Crippen LogP contribution in [0.2, 0.25) is 0 Å². The molecule has 142 valence electrons. The fourth-order valence-corrected chi connectivity index (χ4v) is 3.42. The third kappa shape index (κ3) is 3.72. The van der Waals surface area contributed by atoms with Crippen molar-refractivity contribution in [1.29, 1.82) is 0 Å². The molecule has 0 spiro atoms. The summed E-state index contributed by atoms with van der Waals surface area (Å²) in [6.45, 7) is 4.39. The number of anilines is 1. The van der Waals surface area contributed by atoms with E-state index in [9.17, 15) is 0 Å². The smallest absolute Gasteiger partial charge is 0.159 e. The van der Waals surface area contributed by atoms with E-state index in [2.05, 4.69) is 20.6 Å². The third-order valence-electron chi connectivity index (χ3n) is 4.75. The first-order chi connectivity index (χ1) is 13.3. The van der Waals surface area contributed by atoms with Gasteiger partial charge < -0.3 is 20.1 Å². The number of aromatic nitrogens is 4. The van der Waals surface area contributed by atoms with Gasteiger partial charge in [-0.1, -0.05) is 0 Å². The van der Waals surface area contributed by atoms with Crippen molar-refractivity contribution in [2.75, 3.05) is 32.1 Å². The van der Waals surface area contributed by atoms with E-state index < -0.39 is 0 Å². The number of ether oxygens (including phenoxy) is 2. The number of fused-ring (bicyclic) bond motifs is 1. The zero-order valence-corrected chi connectivity index (χ0v) is 15.6. The minimum absolute atomic E-state index is 0.154. The van der Waals surface area contributed by atoms with Crippen molar-refractivity contribution in [2.45, 2.75) is 25.5 Å². The van der Waals surface area contributed by atoms with Crippen LogP contribution >= 0.6 is 0 Å². The minimum Gasteiger partial charge on any atom is -0.494 e. The summed E-state index contributed by atoms with van der Waals surface area (Å²) in [6.07, 6.45) is 6.35. The maximum Gasteiger partial charge on any atom is 0.159 e. The number of nitrogens with one attached hydrogen (secondary N) is 2. The number of benzene rings is 1. The molecule has 1 aliphatic rings. The molecule has 0 radical (unpaired) electrons. The second-order valence-electron chi connectivity index (χ2n) is 6.48. The molecule has 4 rings (SSSR count). The molecular formula is C19H24N6O2. The van der Waals surface area contributed by atoms with Gasteiger partial charge in [0.15, 0.2) is 5.82 Å². The first-order valence-electron chi connectivity index (χ1n) is 9.21. The molecule has 0 amide bonds. The highest BCUT2D eigenvalue weighted by Crippen LogP contribution is 2.22. The number of nitrogens with zero attached hydrogens (tertiary/aromatic N) is 4. The van der Waals surface area contributed by atoms with E-state index in [0.29, 0.717) is 12.4 Å². The molecule has 2 aromatic heterocycles. The molecule has 0 bridgehead atoms. The second-order valence-corrected chi connectivity index (χ2v) is 6.48. The molecule has 2 N–H and O–H groups in total. The topological polar surface area (TPSA) is 86.1 Å². The Hall–Kier alpha value is -2.71. The molecule has 3 heterocycles. The maximum atomic E-state index is 5.59. The molecule has 8 nitrogen and oxygen atoms in total. The predicted octanol–water partition coefficient (Wildman–Crippen LogP) is 2.00. The molecule has 27 heavy (non-hydrogen) atoms. The summed E-state index contributed by atoms with van der Waals surface area (Å²) in [5.74, 6) is 2.24. The van der Waals surface area contributed by atoms with Crippen molar-refractivity contribution in [3.63, 3.8) is 0 Å². The maximum absolute atomic E-state index is 5.59. The Balaban J connectivity index is 1.59. The van der Waals surface area contributed by atoms with Gasteiger partial charge in [0.05, 0.1) is 42.2 Å². The summed E-state index contributed by atoms with van der Waals surface area (Å²) < 4.78 is 13.1. The standard InChI is InChI=1S/C19H24N6O2/c1-3-27-13-4-5-16-14(8-13)22-12-25(16)19-11-21-10-18(24-19)23-15-9-20-7-6-17(15)26-2/h4-5,8,10-12,15,17,20H,3,6-7,9H2,1-2H3,(H,23,24)/t15-,17-/m0/s1. The monoisotopic (exact) mass is 368 g/mol. The average molecular weight is 368 g/mol. The van der Waals surface area contributed by atoms with Crippen LogP contribution in [0, 0.1) is 0 Å². The van der Waals surface area contributed by atoms with Crippen molar-refractivity contribution >= 4 is 16.9 Å². The Morgan fingerprint density at radius 2 is 2.26 bits per heavy atom. The van der Waals surface area contributed by atoms with Gasteiger partial charge in [0, 0.05) is 19.7 Å². The highest BCUT2D eigenvalue weighted by molar-refractivity contribution is 5.78. The lowest BCUT2D eigenvalue weighted by atomic mass is 10.0. The van der Waals surface area contributed by atoms with Crippen LogP contribution in [-0.2, 0) is 4.74 Å². The van der Waals surface area contributed by atoms with Gasteiger partial charge in [-0.2, -0.15) is 0 Å². The van der Waals surface area contributed by atoms with Crippen LogP contribution in [0.1, 0.15) is 13.3 Å². The zero-order chi connectivity index (χ0) is 18.6. The van der Waals surface area contributed by atoms with Crippen molar-refractivity contribution in [2.24, 2.45) is 0 Å². The van der Waals surface area contributed by atoms with Crippen LogP contribution in [0.3, 0.4) is 0 Å². The van der Waals surface area contributed by atoms with Gasteiger partial charge in [-0.3, -0.25) is 9.55 Å². The Morgan fingerprint density at radius 3 is 3.11 bits per heavy atom. The van der Waals surface area contributed by atoms with Gasteiger partial charge in [0.1, 0.15) is 17.9 Å². The van der Waals surface area contributed by atoms with Crippen LogP contribution in [0.4, 0.5) is 5.82 Å². The van der Waals surface area contributed by atoms with Crippen molar-refractivity contribution in [1.82, 2.24) is 24.8 Å². The summed E-state index contributed by atoms with van der Waals surface area (Å²) in [6, 6.07) is 6.01. The summed E-state index contributed by atoms with van der Waals surface area (Å²) in [5.41, 5.74) is 1.82. The lowest BCUT2D eigenvalue weighted by molar-refractivity contribution is 0.0664. The van der Waals surface area contributed by atoms with E-state index in [0.717, 1.165) is 42.1 Å². The van der Waals surface area contributed by atoms with E-state index >= 15 is 0 Å². The minimum atomic E-state index is 0.154. The summed E-state index contributed by atoms with van der Waals surface area (Å²) in [7, 11) is 1.75. The number of rotatable bonds is 6. The molecule has 1 fully saturated rings. The molecule has 1 saturated heterocycles. The number of piperidine rings is 1. The van der Waals surface area contributed by atoms with Gasteiger partial charge in [-0.25, -0.2) is 9.97 Å². The lowest BCUT2D eigenvalue weighted by Gasteiger charge is -2.31. The van der Waals surface area contributed by atoms with Crippen LogP contribution in [0.15, 0.2) is 36.9 Å². The van der Waals surface area contributed by atoms with Crippen molar-refractivity contribution in [3.8, 4) is 11.6 Å². The average Bonchev–Trinajstić information content (AvgIpc) is 3.12. The SMILES string of the molecule is CCOc1ccc2c(c1)ncn2-c1cncc(N[C@H]2CNCC[C@@H]2OC)n1. The van der Waals surface area contributed by atoms with Gasteiger partial charge in [-0.15, -0.1) is 0 Å². The van der Waals surface area contributed by atoms with Gasteiger partial charge in [0.2, 0.25) is 0 Å². The second kappa shape index (κ2) is 7.89. The van der Waals surface area contributed by atoms with Gasteiger partial charge in [-0.05, 0) is 32.0 Å².